The minimum Gasteiger partial charge on any atom is -0.497 e. The first-order valence-electron chi connectivity index (χ1n) is 8.79. The van der Waals surface area contributed by atoms with Crippen LogP contribution in [0, 0.1) is 0 Å². The number of rotatable bonds is 6. The summed E-state index contributed by atoms with van der Waals surface area (Å²) < 4.78 is 5.23. The highest BCUT2D eigenvalue weighted by molar-refractivity contribution is 5.49. The van der Waals surface area contributed by atoms with Crippen molar-refractivity contribution in [1.29, 1.82) is 0 Å². The van der Waals surface area contributed by atoms with Gasteiger partial charge in [-0.05, 0) is 56.2 Å². The van der Waals surface area contributed by atoms with Crippen LogP contribution in [0.15, 0.2) is 48.7 Å². The van der Waals surface area contributed by atoms with Gasteiger partial charge in [-0.2, -0.15) is 0 Å². The fourth-order valence-corrected chi connectivity index (χ4v) is 3.39. The molecule has 1 aliphatic heterocycles. The molecular formula is C20H27N3O. The minimum absolute atomic E-state index is 0.456. The standard InChI is InChI=1S/C20H27N3O/c1-16(15-18-5-3-4-12-21-18)22-17-10-13-23(14-11-17)19-6-8-20(24-2)9-7-19/h3-9,12,16-17,22H,10-11,13-15H2,1-2H3. The smallest absolute Gasteiger partial charge is 0.119 e. The first-order chi connectivity index (χ1) is 11.7. The first-order valence-corrected chi connectivity index (χ1v) is 8.79. The van der Waals surface area contributed by atoms with Crippen LogP contribution < -0.4 is 15.0 Å². The summed E-state index contributed by atoms with van der Waals surface area (Å²) in [6.45, 7) is 4.45. The van der Waals surface area contributed by atoms with E-state index in [4.69, 9.17) is 4.74 Å². The lowest BCUT2D eigenvalue weighted by atomic mass is 10.0. The van der Waals surface area contributed by atoms with Gasteiger partial charge in [0.25, 0.3) is 0 Å². The second-order valence-electron chi connectivity index (χ2n) is 6.55. The van der Waals surface area contributed by atoms with Crippen LogP contribution >= 0.6 is 0 Å². The molecule has 1 unspecified atom stereocenters. The van der Waals surface area contributed by atoms with E-state index in [0.717, 1.165) is 31.0 Å². The maximum Gasteiger partial charge on any atom is 0.119 e. The Morgan fingerprint density at radius 1 is 1.17 bits per heavy atom. The van der Waals surface area contributed by atoms with E-state index in [1.807, 2.05) is 24.4 Å². The molecular weight excluding hydrogens is 298 g/mol. The SMILES string of the molecule is COc1ccc(N2CCC(NC(C)Cc3ccccn3)CC2)cc1. The van der Waals surface area contributed by atoms with Gasteiger partial charge in [0.15, 0.2) is 0 Å². The van der Waals surface area contributed by atoms with Crippen LogP contribution in [0.1, 0.15) is 25.5 Å². The third-order valence-electron chi connectivity index (χ3n) is 4.69. The molecule has 0 saturated carbocycles. The number of nitrogens with one attached hydrogen (secondary N) is 1. The van der Waals surface area contributed by atoms with Gasteiger partial charge in [-0.3, -0.25) is 4.98 Å². The number of anilines is 1. The summed E-state index contributed by atoms with van der Waals surface area (Å²) >= 11 is 0. The van der Waals surface area contributed by atoms with Crippen molar-refractivity contribution in [3.05, 3.63) is 54.4 Å². The minimum atomic E-state index is 0.456. The van der Waals surface area contributed by atoms with E-state index >= 15 is 0 Å². The summed E-state index contributed by atoms with van der Waals surface area (Å²) in [5.74, 6) is 0.915. The van der Waals surface area contributed by atoms with Gasteiger partial charge in [0, 0.05) is 49.2 Å². The predicted octanol–water partition coefficient (Wildman–Crippen LogP) is 3.28. The zero-order valence-electron chi connectivity index (χ0n) is 14.6. The monoisotopic (exact) mass is 325 g/mol. The van der Waals surface area contributed by atoms with E-state index in [9.17, 15) is 0 Å². The molecule has 0 spiro atoms. The molecule has 1 aliphatic rings. The Hall–Kier alpha value is -2.07. The predicted molar refractivity (Wildman–Crippen MR) is 98.8 cm³/mol. The average molecular weight is 325 g/mol. The topological polar surface area (TPSA) is 37.4 Å². The van der Waals surface area contributed by atoms with Gasteiger partial charge in [0.05, 0.1) is 7.11 Å². The van der Waals surface area contributed by atoms with Gasteiger partial charge in [0.1, 0.15) is 5.75 Å². The van der Waals surface area contributed by atoms with E-state index in [2.05, 4.69) is 46.4 Å². The third-order valence-corrected chi connectivity index (χ3v) is 4.69. The number of pyridine rings is 1. The Bertz CT molecular complexity index is 607. The summed E-state index contributed by atoms with van der Waals surface area (Å²) in [5.41, 5.74) is 2.45. The molecule has 3 rings (SSSR count). The summed E-state index contributed by atoms with van der Waals surface area (Å²) in [6, 6.07) is 15.6. The molecule has 0 amide bonds. The average Bonchev–Trinajstić information content (AvgIpc) is 2.63. The van der Waals surface area contributed by atoms with Crippen molar-refractivity contribution in [2.24, 2.45) is 0 Å². The Labute approximate surface area is 144 Å². The molecule has 128 valence electrons. The van der Waals surface area contributed by atoms with Crippen molar-refractivity contribution >= 4 is 5.69 Å². The molecule has 2 heterocycles. The molecule has 2 aromatic rings. The lowest BCUT2D eigenvalue weighted by Crippen LogP contribution is -2.46. The first kappa shape index (κ1) is 16.8. The summed E-state index contributed by atoms with van der Waals surface area (Å²) in [4.78, 5) is 6.88. The molecule has 1 atom stereocenters. The number of benzene rings is 1. The molecule has 1 saturated heterocycles. The molecule has 0 radical (unpaired) electrons. The van der Waals surface area contributed by atoms with Gasteiger partial charge < -0.3 is 15.0 Å². The molecule has 0 aliphatic carbocycles. The van der Waals surface area contributed by atoms with Gasteiger partial charge in [-0.15, -0.1) is 0 Å². The highest BCUT2D eigenvalue weighted by Gasteiger charge is 2.20. The second-order valence-corrected chi connectivity index (χ2v) is 6.55. The fraction of sp³-hybridized carbons (Fsp3) is 0.450. The van der Waals surface area contributed by atoms with E-state index in [0.29, 0.717) is 12.1 Å². The second kappa shape index (κ2) is 8.15. The molecule has 24 heavy (non-hydrogen) atoms. The summed E-state index contributed by atoms with van der Waals surface area (Å²) in [5, 5.41) is 3.77. The number of piperidine rings is 1. The van der Waals surface area contributed by atoms with Crippen LogP contribution in [-0.2, 0) is 6.42 Å². The Kier molecular flexibility index (Phi) is 5.70. The maximum absolute atomic E-state index is 5.23. The van der Waals surface area contributed by atoms with Crippen LogP contribution in [-0.4, -0.2) is 37.3 Å². The number of nitrogens with zero attached hydrogens (tertiary/aromatic N) is 2. The van der Waals surface area contributed by atoms with Gasteiger partial charge in [-0.1, -0.05) is 6.07 Å². The zero-order chi connectivity index (χ0) is 16.8. The summed E-state index contributed by atoms with van der Waals surface area (Å²) in [7, 11) is 1.71. The molecule has 1 fully saturated rings. The molecule has 1 N–H and O–H groups in total. The van der Waals surface area contributed by atoms with Gasteiger partial charge >= 0.3 is 0 Å². The highest BCUT2D eigenvalue weighted by Crippen LogP contribution is 2.23. The number of methoxy groups -OCH3 is 1. The van der Waals surface area contributed by atoms with Crippen LogP contribution in [0.5, 0.6) is 5.75 Å². The van der Waals surface area contributed by atoms with Crippen LogP contribution in [0.4, 0.5) is 5.69 Å². The molecule has 4 heteroatoms. The fourth-order valence-electron chi connectivity index (χ4n) is 3.39. The summed E-state index contributed by atoms with van der Waals surface area (Å²) in [6.07, 6.45) is 5.21. The quantitative estimate of drug-likeness (QED) is 0.884. The van der Waals surface area contributed by atoms with Crippen molar-refractivity contribution in [2.45, 2.75) is 38.3 Å². The number of hydrogen-bond donors (Lipinski definition) is 1. The van der Waals surface area contributed by atoms with Crippen molar-refractivity contribution < 1.29 is 4.74 Å². The molecule has 1 aromatic heterocycles. The Morgan fingerprint density at radius 2 is 1.92 bits per heavy atom. The van der Waals surface area contributed by atoms with E-state index in [1.165, 1.54) is 18.5 Å². The highest BCUT2D eigenvalue weighted by atomic mass is 16.5. The largest absolute Gasteiger partial charge is 0.497 e. The zero-order valence-corrected chi connectivity index (χ0v) is 14.6. The van der Waals surface area contributed by atoms with Crippen molar-refractivity contribution in [3.63, 3.8) is 0 Å². The Morgan fingerprint density at radius 3 is 2.54 bits per heavy atom. The van der Waals surface area contributed by atoms with Crippen LogP contribution in [0.3, 0.4) is 0 Å². The number of hydrogen-bond acceptors (Lipinski definition) is 4. The maximum atomic E-state index is 5.23. The lowest BCUT2D eigenvalue weighted by molar-refractivity contribution is 0.374. The van der Waals surface area contributed by atoms with Crippen LogP contribution in [0.2, 0.25) is 0 Å². The van der Waals surface area contributed by atoms with Crippen LogP contribution in [0.25, 0.3) is 0 Å². The molecule has 4 nitrogen and oxygen atoms in total. The normalized spacial score (nSPS) is 16.8. The Balaban J connectivity index is 1.46. The van der Waals surface area contributed by atoms with Crippen molar-refractivity contribution in [3.8, 4) is 5.75 Å². The third kappa shape index (κ3) is 4.48. The molecule has 0 bridgehead atoms. The van der Waals surface area contributed by atoms with Crippen molar-refractivity contribution in [1.82, 2.24) is 10.3 Å². The van der Waals surface area contributed by atoms with E-state index in [1.54, 1.807) is 7.11 Å². The molecule has 1 aromatic carbocycles. The number of aromatic nitrogens is 1. The van der Waals surface area contributed by atoms with Gasteiger partial charge in [0.2, 0.25) is 0 Å². The van der Waals surface area contributed by atoms with E-state index < -0.39 is 0 Å². The van der Waals surface area contributed by atoms with Crippen molar-refractivity contribution in [2.75, 3.05) is 25.1 Å². The van der Waals surface area contributed by atoms with E-state index in [-0.39, 0.29) is 0 Å². The number of ether oxygens (including phenoxy) is 1. The lowest BCUT2D eigenvalue weighted by Gasteiger charge is -2.35. The van der Waals surface area contributed by atoms with Gasteiger partial charge in [-0.25, -0.2) is 0 Å².